The van der Waals surface area contributed by atoms with Crippen molar-refractivity contribution >= 4 is 39.2 Å². The van der Waals surface area contributed by atoms with Crippen LogP contribution < -0.4 is 0 Å². The molecule has 0 amide bonds. The Balaban J connectivity index is 2.06. The van der Waals surface area contributed by atoms with Gasteiger partial charge in [-0.1, -0.05) is 22.9 Å². The van der Waals surface area contributed by atoms with E-state index in [1.54, 1.807) is 6.20 Å². The summed E-state index contributed by atoms with van der Waals surface area (Å²) >= 11 is 8.83. The molecular weight excluding hydrogens is 326 g/mol. The lowest BCUT2D eigenvalue weighted by Gasteiger charge is -2.01. The highest BCUT2D eigenvalue weighted by Gasteiger charge is 2.09. The number of nitrogens with zero attached hydrogens (tertiary/aromatic N) is 2. The van der Waals surface area contributed by atoms with E-state index in [4.69, 9.17) is 16.6 Å². The number of aromatic nitrogens is 3. The Bertz CT molecular complexity index is 787. The molecule has 6 heteroatoms. The van der Waals surface area contributed by atoms with Crippen molar-refractivity contribution in [3.05, 3.63) is 45.3 Å². The molecule has 0 aliphatic heterocycles. The van der Waals surface area contributed by atoms with Crippen LogP contribution in [0.2, 0.25) is 0 Å². The largest absolute Gasteiger partial charge is 0.444 e. The number of oxazole rings is 1. The normalized spacial score (nSPS) is 11.3. The van der Waals surface area contributed by atoms with Gasteiger partial charge in [-0.25, -0.2) is 4.98 Å². The average molecular weight is 338 g/mol. The fourth-order valence-corrected chi connectivity index (χ4v) is 2.62. The highest BCUT2D eigenvalue weighted by Crippen LogP contribution is 2.20. The third-order valence-electron chi connectivity index (χ3n) is 2.98. The van der Waals surface area contributed by atoms with E-state index in [1.165, 1.54) is 0 Å². The summed E-state index contributed by atoms with van der Waals surface area (Å²) < 4.78 is 9.31. The molecule has 0 radical (unpaired) electrons. The number of fused-ring (bicyclic) bond motifs is 1. The van der Waals surface area contributed by atoms with E-state index < -0.39 is 0 Å². The van der Waals surface area contributed by atoms with Crippen LogP contribution in [-0.4, -0.2) is 14.5 Å². The van der Waals surface area contributed by atoms with E-state index >= 15 is 0 Å². The summed E-state index contributed by atoms with van der Waals surface area (Å²) in [5, 5.41) is 0. The number of aryl methyl sites for hydroxylation is 1. The monoisotopic (exact) mass is 337 g/mol. The van der Waals surface area contributed by atoms with Crippen LogP contribution in [0.25, 0.3) is 11.0 Å². The Morgan fingerprint density at radius 3 is 3.05 bits per heavy atom. The summed E-state index contributed by atoms with van der Waals surface area (Å²) in [7, 11) is 0. The molecule has 0 bridgehead atoms. The van der Waals surface area contributed by atoms with E-state index in [2.05, 4.69) is 25.9 Å². The van der Waals surface area contributed by atoms with Crippen molar-refractivity contribution in [3.8, 4) is 0 Å². The Hall–Kier alpha value is -1.40. The lowest BCUT2D eigenvalue weighted by atomic mass is 10.3. The van der Waals surface area contributed by atoms with Crippen molar-refractivity contribution in [2.24, 2.45) is 0 Å². The summed E-state index contributed by atoms with van der Waals surface area (Å²) in [6, 6.07) is 6.02. The zero-order chi connectivity index (χ0) is 13.4. The molecule has 2 aromatic heterocycles. The number of nitrogens with one attached hydrogen (secondary N) is 1. The molecule has 3 rings (SSSR count). The van der Waals surface area contributed by atoms with Gasteiger partial charge in [-0.15, -0.1) is 0 Å². The first-order valence-corrected chi connectivity index (χ1v) is 7.19. The van der Waals surface area contributed by atoms with Crippen LogP contribution in [0.15, 0.2) is 33.3 Å². The predicted molar refractivity (Wildman–Crippen MR) is 79.8 cm³/mol. The summed E-state index contributed by atoms with van der Waals surface area (Å²) in [6.07, 6.45) is 2.61. The second kappa shape index (κ2) is 4.94. The number of hydrogen-bond acceptors (Lipinski definition) is 3. The molecular formula is C13H12BrN3OS. The maximum absolute atomic E-state index is 5.64. The molecule has 1 aromatic carbocycles. The van der Waals surface area contributed by atoms with E-state index in [0.717, 1.165) is 27.7 Å². The molecule has 19 heavy (non-hydrogen) atoms. The molecule has 0 saturated carbocycles. The van der Waals surface area contributed by atoms with Crippen LogP contribution in [0, 0.1) is 4.77 Å². The zero-order valence-corrected chi connectivity index (χ0v) is 12.7. The summed E-state index contributed by atoms with van der Waals surface area (Å²) in [5.74, 6) is 1.57. The molecule has 0 aliphatic rings. The van der Waals surface area contributed by atoms with Crippen LogP contribution in [0.5, 0.6) is 0 Å². The minimum Gasteiger partial charge on any atom is -0.444 e. The Morgan fingerprint density at radius 1 is 1.47 bits per heavy atom. The lowest BCUT2D eigenvalue weighted by molar-refractivity contribution is 0.447. The minimum absolute atomic E-state index is 0.537. The van der Waals surface area contributed by atoms with Gasteiger partial charge in [0.15, 0.2) is 4.77 Å². The van der Waals surface area contributed by atoms with Crippen molar-refractivity contribution in [2.45, 2.75) is 19.9 Å². The number of halogens is 1. The number of hydrogen-bond donors (Lipinski definition) is 1. The SMILES string of the molecule is CCc1cnc(Cn2c(=S)[nH]c3ccc(Br)cc32)o1. The number of benzene rings is 1. The van der Waals surface area contributed by atoms with Gasteiger partial charge < -0.3 is 14.0 Å². The van der Waals surface area contributed by atoms with Crippen molar-refractivity contribution in [3.63, 3.8) is 0 Å². The molecule has 0 aliphatic carbocycles. The van der Waals surface area contributed by atoms with Crippen LogP contribution >= 0.6 is 28.1 Å². The van der Waals surface area contributed by atoms with Crippen molar-refractivity contribution in [2.75, 3.05) is 0 Å². The lowest BCUT2D eigenvalue weighted by Crippen LogP contribution is -1.99. The molecule has 0 fully saturated rings. The first kappa shape index (κ1) is 12.6. The van der Waals surface area contributed by atoms with E-state index in [9.17, 15) is 0 Å². The second-order valence-corrected chi connectivity index (χ2v) is 5.55. The van der Waals surface area contributed by atoms with Gasteiger partial charge in [0, 0.05) is 10.9 Å². The van der Waals surface area contributed by atoms with Gasteiger partial charge >= 0.3 is 0 Å². The van der Waals surface area contributed by atoms with Gasteiger partial charge in [-0.3, -0.25) is 0 Å². The van der Waals surface area contributed by atoms with Crippen LogP contribution in [-0.2, 0) is 13.0 Å². The van der Waals surface area contributed by atoms with E-state index in [1.807, 2.05) is 29.7 Å². The molecule has 98 valence electrons. The first-order chi connectivity index (χ1) is 9.17. The van der Waals surface area contributed by atoms with Crippen molar-refractivity contribution in [1.29, 1.82) is 0 Å². The molecule has 0 unspecified atom stereocenters. The topological polar surface area (TPSA) is 46.8 Å². The standard InChI is InChI=1S/C13H12BrN3OS/c1-2-9-6-15-12(18-9)7-17-11-5-8(14)3-4-10(11)16-13(17)19/h3-6H,2,7H2,1H3,(H,16,19). The first-order valence-electron chi connectivity index (χ1n) is 5.99. The minimum atomic E-state index is 0.537. The Kier molecular flexibility index (Phi) is 3.28. The molecule has 0 spiro atoms. The molecule has 2 heterocycles. The van der Waals surface area contributed by atoms with E-state index in [0.29, 0.717) is 17.2 Å². The number of imidazole rings is 1. The highest BCUT2D eigenvalue weighted by molar-refractivity contribution is 9.10. The predicted octanol–water partition coefficient (Wildman–Crippen LogP) is 4.06. The molecule has 1 N–H and O–H groups in total. The fourth-order valence-electron chi connectivity index (χ4n) is 2.00. The molecule has 0 saturated heterocycles. The Labute approximate surface area is 123 Å². The van der Waals surface area contributed by atoms with Gasteiger partial charge in [-0.05, 0) is 30.4 Å². The highest BCUT2D eigenvalue weighted by atomic mass is 79.9. The van der Waals surface area contributed by atoms with Gasteiger partial charge in [0.1, 0.15) is 12.3 Å². The maximum atomic E-state index is 5.64. The quantitative estimate of drug-likeness (QED) is 0.733. The Morgan fingerprint density at radius 2 is 2.32 bits per heavy atom. The van der Waals surface area contributed by atoms with Gasteiger partial charge in [-0.2, -0.15) is 0 Å². The third kappa shape index (κ3) is 2.37. The summed E-state index contributed by atoms with van der Waals surface area (Å²) in [6.45, 7) is 2.58. The van der Waals surface area contributed by atoms with Crippen molar-refractivity contribution < 1.29 is 4.42 Å². The van der Waals surface area contributed by atoms with Crippen LogP contribution in [0.4, 0.5) is 0 Å². The van der Waals surface area contributed by atoms with E-state index in [-0.39, 0.29) is 0 Å². The summed E-state index contributed by atoms with van der Waals surface area (Å²) in [4.78, 5) is 7.46. The van der Waals surface area contributed by atoms with Gasteiger partial charge in [0.05, 0.1) is 17.2 Å². The third-order valence-corrected chi connectivity index (χ3v) is 3.80. The molecule has 4 nitrogen and oxygen atoms in total. The summed E-state index contributed by atoms with van der Waals surface area (Å²) in [5.41, 5.74) is 2.05. The second-order valence-electron chi connectivity index (χ2n) is 4.25. The number of H-pyrrole nitrogens is 1. The van der Waals surface area contributed by atoms with Crippen LogP contribution in [0.1, 0.15) is 18.6 Å². The van der Waals surface area contributed by atoms with Crippen LogP contribution in [0.3, 0.4) is 0 Å². The maximum Gasteiger partial charge on any atom is 0.214 e. The van der Waals surface area contributed by atoms with Gasteiger partial charge in [0.2, 0.25) is 5.89 Å². The average Bonchev–Trinajstić information content (AvgIpc) is 2.96. The molecule has 0 atom stereocenters. The number of rotatable bonds is 3. The van der Waals surface area contributed by atoms with Crippen molar-refractivity contribution in [1.82, 2.24) is 14.5 Å². The van der Waals surface area contributed by atoms with Gasteiger partial charge in [0.25, 0.3) is 0 Å². The zero-order valence-electron chi connectivity index (χ0n) is 10.3. The number of aromatic amines is 1. The smallest absolute Gasteiger partial charge is 0.214 e. The fraction of sp³-hybridized carbons (Fsp3) is 0.231. The molecule has 3 aromatic rings.